The third-order valence-corrected chi connectivity index (χ3v) is 8.57. The molecule has 2 aromatic carbocycles. The van der Waals surface area contributed by atoms with Crippen molar-refractivity contribution in [3.05, 3.63) is 77.4 Å². The van der Waals surface area contributed by atoms with E-state index in [2.05, 4.69) is 16.0 Å². The summed E-state index contributed by atoms with van der Waals surface area (Å²) in [5, 5.41) is 6.20. The van der Waals surface area contributed by atoms with Crippen LogP contribution in [-0.2, 0) is 14.8 Å². The molecule has 4 aromatic rings. The summed E-state index contributed by atoms with van der Waals surface area (Å²) < 4.78 is 35.2. The van der Waals surface area contributed by atoms with Crippen LogP contribution in [0.25, 0.3) is 16.9 Å². The second-order valence-corrected chi connectivity index (χ2v) is 11.0. The smallest absolute Gasteiger partial charge is 0.243 e. The second-order valence-electron chi connectivity index (χ2n) is 8.16. The molecule has 0 bridgehead atoms. The number of morpholine rings is 1. The number of hydrogen-bond donors (Lipinski definition) is 1. The zero-order chi connectivity index (χ0) is 23.7. The molecule has 0 atom stereocenters. The molecule has 3 heterocycles. The van der Waals surface area contributed by atoms with Gasteiger partial charge in [-0.05, 0) is 50.2 Å². The number of nitrogens with one attached hydrogen (secondary N) is 1. The Morgan fingerprint density at radius 1 is 1.00 bits per heavy atom. The number of nitrogens with zero attached hydrogens (tertiary/aromatic N) is 3. The first kappa shape index (κ1) is 25.4. The molecule has 0 spiro atoms. The monoisotopic (exact) mass is 530 g/mol. The summed E-state index contributed by atoms with van der Waals surface area (Å²) in [4.78, 5) is 5.08. The van der Waals surface area contributed by atoms with Crippen molar-refractivity contribution in [1.29, 1.82) is 0 Å². The molecule has 7 nitrogen and oxygen atoms in total. The molecule has 0 unspecified atom stereocenters. The summed E-state index contributed by atoms with van der Waals surface area (Å²) in [6.45, 7) is 5.66. The fraction of sp³-hybridized carbons (Fsp3) is 0.240. The number of anilines is 2. The largest absolute Gasteiger partial charge is 0.379 e. The van der Waals surface area contributed by atoms with Crippen LogP contribution in [0.4, 0.5) is 10.8 Å². The molecule has 5 rings (SSSR count). The molecule has 1 aliphatic heterocycles. The zero-order valence-electron chi connectivity index (χ0n) is 19.5. The summed E-state index contributed by atoms with van der Waals surface area (Å²) >= 11 is 1.55. The summed E-state index contributed by atoms with van der Waals surface area (Å²) in [7, 11) is -3.57. The molecule has 0 radical (unpaired) electrons. The summed E-state index contributed by atoms with van der Waals surface area (Å²) in [6.07, 6.45) is 0. The molecule has 1 saturated heterocycles. The van der Waals surface area contributed by atoms with Gasteiger partial charge in [0.05, 0.1) is 23.8 Å². The number of para-hydroxylation sites is 1. The molecular formula is C25H27ClN4O3S2. The first-order valence-electron chi connectivity index (χ1n) is 11.1. The normalized spacial score (nSPS) is 14.5. The molecular weight excluding hydrogens is 504 g/mol. The third-order valence-electron chi connectivity index (χ3n) is 5.92. The minimum Gasteiger partial charge on any atom is -0.379 e. The van der Waals surface area contributed by atoms with E-state index in [-0.39, 0.29) is 12.4 Å². The van der Waals surface area contributed by atoms with Gasteiger partial charge in [-0.15, -0.1) is 23.7 Å². The Labute approximate surface area is 215 Å². The topological polar surface area (TPSA) is 76.5 Å². The van der Waals surface area contributed by atoms with Gasteiger partial charge in [0.1, 0.15) is 0 Å². The van der Waals surface area contributed by atoms with E-state index in [4.69, 9.17) is 9.72 Å². The number of aromatic nitrogens is 2. The maximum Gasteiger partial charge on any atom is 0.243 e. The number of thiazole rings is 1. The van der Waals surface area contributed by atoms with Gasteiger partial charge in [-0.2, -0.15) is 4.31 Å². The lowest BCUT2D eigenvalue weighted by molar-refractivity contribution is 0.0730. The van der Waals surface area contributed by atoms with Crippen LogP contribution >= 0.6 is 23.7 Å². The molecule has 1 N–H and O–H groups in total. The quantitative estimate of drug-likeness (QED) is 0.361. The number of rotatable bonds is 6. The second kappa shape index (κ2) is 10.5. The third kappa shape index (κ3) is 5.14. The van der Waals surface area contributed by atoms with E-state index in [1.807, 2.05) is 55.6 Å². The van der Waals surface area contributed by atoms with E-state index in [1.165, 1.54) is 4.31 Å². The van der Waals surface area contributed by atoms with E-state index in [0.717, 1.165) is 39.2 Å². The number of benzene rings is 2. The van der Waals surface area contributed by atoms with Crippen molar-refractivity contribution in [2.45, 2.75) is 18.7 Å². The average molecular weight is 531 g/mol. The highest BCUT2D eigenvalue weighted by molar-refractivity contribution is 7.89. The SMILES string of the molecule is Cc1cc(-c2csc(Nc3ccccc3)n2)c(C)n1-c1cccc(S(=O)(=O)N2CCOCC2)c1.Cl. The van der Waals surface area contributed by atoms with Gasteiger partial charge in [0.2, 0.25) is 10.0 Å². The van der Waals surface area contributed by atoms with Crippen molar-refractivity contribution in [3.63, 3.8) is 0 Å². The highest BCUT2D eigenvalue weighted by atomic mass is 35.5. The Morgan fingerprint density at radius 3 is 2.49 bits per heavy atom. The van der Waals surface area contributed by atoms with Crippen LogP contribution in [0.1, 0.15) is 11.4 Å². The highest BCUT2D eigenvalue weighted by Crippen LogP contribution is 2.33. The maximum atomic E-state index is 13.2. The van der Waals surface area contributed by atoms with Gasteiger partial charge in [-0.3, -0.25) is 0 Å². The van der Waals surface area contributed by atoms with Crippen molar-refractivity contribution in [2.24, 2.45) is 0 Å². The fourth-order valence-corrected chi connectivity index (χ4v) is 6.42. The summed E-state index contributed by atoms with van der Waals surface area (Å²) in [5.74, 6) is 0. The van der Waals surface area contributed by atoms with Crippen LogP contribution in [0.5, 0.6) is 0 Å². The van der Waals surface area contributed by atoms with Crippen LogP contribution in [0, 0.1) is 13.8 Å². The van der Waals surface area contributed by atoms with E-state index >= 15 is 0 Å². The maximum absolute atomic E-state index is 13.2. The van der Waals surface area contributed by atoms with E-state index in [1.54, 1.807) is 29.5 Å². The molecule has 2 aromatic heterocycles. The molecule has 1 aliphatic rings. The lowest BCUT2D eigenvalue weighted by Crippen LogP contribution is -2.40. The molecule has 0 amide bonds. The Bertz CT molecular complexity index is 1410. The number of halogens is 1. The predicted molar refractivity (Wildman–Crippen MR) is 143 cm³/mol. The lowest BCUT2D eigenvalue weighted by atomic mass is 10.2. The Kier molecular flexibility index (Phi) is 7.63. The minimum atomic E-state index is -3.57. The molecule has 0 saturated carbocycles. The zero-order valence-corrected chi connectivity index (χ0v) is 21.9. The molecule has 184 valence electrons. The summed E-state index contributed by atoms with van der Waals surface area (Å²) in [5.41, 5.74) is 5.74. The molecule has 35 heavy (non-hydrogen) atoms. The van der Waals surface area contributed by atoms with Crippen LogP contribution in [0.3, 0.4) is 0 Å². The lowest BCUT2D eigenvalue weighted by Gasteiger charge is -2.26. The van der Waals surface area contributed by atoms with Gasteiger partial charge in [0.25, 0.3) is 0 Å². The van der Waals surface area contributed by atoms with Gasteiger partial charge in [0.15, 0.2) is 5.13 Å². The molecule has 10 heteroatoms. The van der Waals surface area contributed by atoms with Gasteiger partial charge in [-0.1, -0.05) is 24.3 Å². The average Bonchev–Trinajstić information content (AvgIpc) is 3.43. The van der Waals surface area contributed by atoms with Gasteiger partial charge >= 0.3 is 0 Å². The van der Waals surface area contributed by atoms with Crippen LogP contribution in [0.2, 0.25) is 0 Å². The molecule has 1 fully saturated rings. The molecule has 0 aliphatic carbocycles. The predicted octanol–water partition coefficient (Wildman–Crippen LogP) is 5.40. The van der Waals surface area contributed by atoms with Gasteiger partial charge in [0, 0.05) is 46.8 Å². The van der Waals surface area contributed by atoms with Crippen molar-refractivity contribution < 1.29 is 13.2 Å². The van der Waals surface area contributed by atoms with Crippen molar-refractivity contribution in [2.75, 3.05) is 31.6 Å². The Hall–Kier alpha value is -2.69. The van der Waals surface area contributed by atoms with E-state index in [9.17, 15) is 8.42 Å². The highest BCUT2D eigenvalue weighted by Gasteiger charge is 2.27. The number of sulfonamides is 1. The van der Waals surface area contributed by atoms with Crippen molar-refractivity contribution in [3.8, 4) is 16.9 Å². The Balaban J connectivity index is 0.00000289. The standard InChI is InChI=1S/C25H26N4O3S2.ClH/c1-18-15-23(24-17-33-25(27-24)26-20-7-4-3-5-8-20)19(2)29(18)21-9-6-10-22(16-21)34(30,31)28-11-13-32-14-12-28;/h3-10,15-17H,11-14H2,1-2H3,(H,26,27);1H. The Morgan fingerprint density at radius 2 is 1.74 bits per heavy atom. The van der Waals surface area contributed by atoms with Crippen molar-refractivity contribution >= 4 is 44.6 Å². The van der Waals surface area contributed by atoms with Crippen LogP contribution in [-0.4, -0.2) is 48.6 Å². The van der Waals surface area contributed by atoms with Crippen molar-refractivity contribution in [1.82, 2.24) is 13.9 Å². The van der Waals surface area contributed by atoms with E-state index < -0.39 is 10.0 Å². The van der Waals surface area contributed by atoms with Crippen LogP contribution < -0.4 is 5.32 Å². The first-order valence-corrected chi connectivity index (χ1v) is 13.4. The van der Waals surface area contributed by atoms with Gasteiger partial charge < -0.3 is 14.6 Å². The number of hydrogen-bond acceptors (Lipinski definition) is 6. The van der Waals surface area contributed by atoms with Crippen LogP contribution in [0.15, 0.2) is 70.9 Å². The number of aryl methyl sites for hydroxylation is 1. The summed E-state index contributed by atoms with van der Waals surface area (Å²) in [6, 6.07) is 19.2. The minimum absolute atomic E-state index is 0. The number of ether oxygens (including phenoxy) is 1. The fourth-order valence-electron chi connectivity index (χ4n) is 4.24. The first-order chi connectivity index (χ1) is 16.4. The van der Waals surface area contributed by atoms with Gasteiger partial charge in [-0.25, -0.2) is 13.4 Å². The van der Waals surface area contributed by atoms with E-state index in [0.29, 0.717) is 31.2 Å².